The smallest absolute Gasteiger partial charge is 0.265 e. The summed E-state index contributed by atoms with van der Waals surface area (Å²) >= 11 is 0. The van der Waals surface area contributed by atoms with Crippen LogP contribution in [-0.4, -0.2) is 49.3 Å². The molecule has 0 saturated heterocycles. The van der Waals surface area contributed by atoms with Crippen LogP contribution in [0.1, 0.15) is 11.1 Å². The van der Waals surface area contributed by atoms with Crippen LogP contribution in [0.4, 0.5) is 10.1 Å². The van der Waals surface area contributed by atoms with E-state index in [4.69, 9.17) is 23.7 Å². The van der Waals surface area contributed by atoms with Gasteiger partial charge in [0, 0.05) is 18.7 Å². The molecule has 0 saturated carbocycles. The summed E-state index contributed by atoms with van der Waals surface area (Å²) in [5, 5.41) is 2.77. The maximum Gasteiger partial charge on any atom is 0.265 e. The maximum atomic E-state index is 14.0. The molecule has 0 atom stereocenters. The minimum absolute atomic E-state index is 0.111. The molecular formula is C32H33FN2O8S. The van der Waals surface area contributed by atoms with Gasteiger partial charge in [0.1, 0.15) is 36.2 Å². The van der Waals surface area contributed by atoms with Crippen molar-refractivity contribution in [1.82, 2.24) is 5.32 Å². The van der Waals surface area contributed by atoms with Gasteiger partial charge in [0.05, 0.1) is 39.0 Å². The van der Waals surface area contributed by atoms with Crippen LogP contribution in [0, 0.1) is 5.82 Å². The van der Waals surface area contributed by atoms with Crippen molar-refractivity contribution in [2.24, 2.45) is 0 Å². The Kier molecular flexibility index (Phi) is 10.5. The summed E-state index contributed by atoms with van der Waals surface area (Å²) in [6, 6.07) is 21.9. The van der Waals surface area contributed by atoms with E-state index in [2.05, 4.69) is 5.32 Å². The number of nitrogens with one attached hydrogen (secondary N) is 1. The Balaban J connectivity index is 1.52. The van der Waals surface area contributed by atoms with Crippen LogP contribution < -0.4 is 33.3 Å². The lowest BCUT2D eigenvalue weighted by atomic mass is 10.2. The quantitative estimate of drug-likeness (QED) is 0.210. The molecule has 0 radical (unpaired) electrons. The topological polar surface area (TPSA) is 113 Å². The Hall–Kier alpha value is -4.97. The molecule has 12 heteroatoms. The lowest BCUT2D eigenvalue weighted by Crippen LogP contribution is -2.40. The highest BCUT2D eigenvalue weighted by Crippen LogP contribution is 2.37. The van der Waals surface area contributed by atoms with Gasteiger partial charge in [-0.1, -0.05) is 24.3 Å². The van der Waals surface area contributed by atoms with E-state index in [1.807, 2.05) is 0 Å². The first kappa shape index (κ1) is 32.0. The zero-order valence-corrected chi connectivity index (χ0v) is 25.5. The van der Waals surface area contributed by atoms with E-state index in [1.54, 1.807) is 48.5 Å². The third-order valence-electron chi connectivity index (χ3n) is 6.62. The molecule has 1 N–H and O–H groups in total. The van der Waals surface area contributed by atoms with Crippen LogP contribution >= 0.6 is 0 Å². The fourth-order valence-corrected chi connectivity index (χ4v) is 5.67. The van der Waals surface area contributed by atoms with Crippen molar-refractivity contribution in [3.8, 4) is 28.7 Å². The number of methoxy groups -OCH3 is 4. The van der Waals surface area contributed by atoms with Crippen LogP contribution in [-0.2, 0) is 28.0 Å². The molecule has 4 rings (SSSR count). The number of amides is 1. The second-order valence-electron chi connectivity index (χ2n) is 9.40. The van der Waals surface area contributed by atoms with Gasteiger partial charge < -0.3 is 29.0 Å². The number of nitrogens with zero attached hydrogens (tertiary/aromatic N) is 1. The summed E-state index contributed by atoms with van der Waals surface area (Å²) in [6.45, 7) is -0.149. The highest BCUT2D eigenvalue weighted by atomic mass is 32.2. The number of ether oxygens (including phenoxy) is 5. The molecular weight excluding hydrogens is 591 g/mol. The van der Waals surface area contributed by atoms with Gasteiger partial charge in [-0.2, -0.15) is 0 Å². The molecule has 0 heterocycles. The summed E-state index contributed by atoms with van der Waals surface area (Å²) in [5.74, 6) is 0.873. The van der Waals surface area contributed by atoms with E-state index in [9.17, 15) is 17.6 Å². The molecule has 1 amide bonds. The van der Waals surface area contributed by atoms with Gasteiger partial charge in [-0.15, -0.1) is 0 Å². The van der Waals surface area contributed by atoms with E-state index in [1.165, 1.54) is 64.8 Å². The Morgan fingerprint density at radius 2 is 1.34 bits per heavy atom. The molecule has 4 aromatic rings. The lowest BCUT2D eigenvalue weighted by Gasteiger charge is -2.26. The van der Waals surface area contributed by atoms with Gasteiger partial charge >= 0.3 is 0 Å². The van der Waals surface area contributed by atoms with E-state index >= 15 is 0 Å². The monoisotopic (exact) mass is 624 g/mol. The summed E-state index contributed by atoms with van der Waals surface area (Å²) in [5.41, 5.74) is 1.70. The zero-order chi connectivity index (χ0) is 31.7. The number of halogens is 1. The van der Waals surface area contributed by atoms with E-state index in [0.29, 0.717) is 17.2 Å². The first-order valence-electron chi connectivity index (χ1n) is 13.4. The Morgan fingerprint density at radius 1 is 0.727 bits per heavy atom. The van der Waals surface area contributed by atoms with Gasteiger partial charge in [0.2, 0.25) is 5.91 Å². The molecule has 0 spiro atoms. The average molecular weight is 625 g/mol. The summed E-state index contributed by atoms with van der Waals surface area (Å²) < 4.78 is 69.2. The standard InChI is InChI=1S/C32H33FN2O8S/c1-39-26-13-15-29(40-2)28(17-26)35(44(37,38)27-14-16-30(41-3)31(18-27)42-4)20-32(36)34-19-22-7-11-25(12-8-22)43-21-23-5-9-24(33)10-6-23/h5-18H,19-21H2,1-4H3,(H,34,36). The van der Waals surface area contributed by atoms with Crippen molar-refractivity contribution in [2.75, 3.05) is 39.3 Å². The zero-order valence-electron chi connectivity index (χ0n) is 24.7. The van der Waals surface area contributed by atoms with Crippen molar-refractivity contribution < 1.29 is 41.3 Å². The highest BCUT2D eigenvalue weighted by molar-refractivity contribution is 7.92. The van der Waals surface area contributed by atoms with Gasteiger partial charge in [-0.25, -0.2) is 12.8 Å². The number of rotatable bonds is 14. The van der Waals surface area contributed by atoms with E-state index < -0.39 is 22.5 Å². The minimum atomic E-state index is -4.32. The van der Waals surface area contributed by atoms with Crippen molar-refractivity contribution in [3.63, 3.8) is 0 Å². The van der Waals surface area contributed by atoms with Crippen molar-refractivity contribution in [3.05, 3.63) is 102 Å². The molecule has 0 aliphatic carbocycles. The van der Waals surface area contributed by atoms with Crippen LogP contribution in [0.25, 0.3) is 0 Å². The second-order valence-corrected chi connectivity index (χ2v) is 11.3. The number of hydrogen-bond acceptors (Lipinski definition) is 8. The van der Waals surface area contributed by atoms with Crippen molar-refractivity contribution >= 4 is 21.6 Å². The van der Waals surface area contributed by atoms with Gasteiger partial charge in [0.25, 0.3) is 10.0 Å². The number of carbonyl (C=O) groups excluding carboxylic acids is 1. The fraction of sp³-hybridized carbons (Fsp3) is 0.219. The predicted octanol–water partition coefficient (Wildman–Crippen LogP) is 4.95. The Bertz CT molecular complexity index is 1680. The SMILES string of the molecule is COc1ccc(OC)c(N(CC(=O)NCc2ccc(OCc3ccc(F)cc3)cc2)S(=O)(=O)c2ccc(OC)c(OC)c2)c1. The summed E-state index contributed by atoms with van der Waals surface area (Å²) in [7, 11) is 1.37. The summed E-state index contributed by atoms with van der Waals surface area (Å²) in [4.78, 5) is 13.1. The number of benzene rings is 4. The summed E-state index contributed by atoms with van der Waals surface area (Å²) in [6.07, 6.45) is 0. The molecule has 0 aliphatic rings. The van der Waals surface area contributed by atoms with Gasteiger partial charge in [-0.05, 0) is 59.7 Å². The lowest BCUT2D eigenvalue weighted by molar-refractivity contribution is -0.119. The fourth-order valence-electron chi connectivity index (χ4n) is 4.23. The van der Waals surface area contributed by atoms with Gasteiger partial charge in [0.15, 0.2) is 11.5 Å². The molecule has 232 valence electrons. The number of anilines is 1. The molecule has 0 aromatic heterocycles. The number of sulfonamides is 1. The predicted molar refractivity (Wildman–Crippen MR) is 163 cm³/mol. The Morgan fingerprint density at radius 3 is 1.98 bits per heavy atom. The molecule has 0 unspecified atom stereocenters. The van der Waals surface area contributed by atoms with E-state index in [0.717, 1.165) is 15.4 Å². The van der Waals surface area contributed by atoms with Crippen LogP contribution in [0.2, 0.25) is 0 Å². The normalized spacial score (nSPS) is 10.9. The third-order valence-corrected chi connectivity index (χ3v) is 8.37. The first-order valence-corrected chi connectivity index (χ1v) is 14.8. The largest absolute Gasteiger partial charge is 0.497 e. The van der Waals surface area contributed by atoms with Crippen molar-refractivity contribution in [2.45, 2.75) is 18.0 Å². The molecule has 0 fully saturated rings. The van der Waals surface area contributed by atoms with E-state index in [-0.39, 0.29) is 41.1 Å². The second kappa shape index (κ2) is 14.5. The van der Waals surface area contributed by atoms with Crippen molar-refractivity contribution in [1.29, 1.82) is 0 Å². The molecule has 0 bridgehead atoms. The number of hydrogen-bond donors (Lipinski definition) is 1. The number of carbonyl (C=O) groups is 1. The molecule has 44 heavy (non-hydrogen) atoms. The first-order chi connectivity index (χ1) is 21.2. The average Bonchev–Trinajstić information content (AvgIpc) is 3.05. The molecule has 10 nitrogen and oxygen atoms in total. The molecule has 0 aliphatic heterocycles. The Labute approximate surface area is 255 Å². The van der Waals surface area contributed by atoms with Crippen LogP contribution in [0.3, 0.4) is 0 Å². The maximum absolute atomic E-state index is 14.0. The third kappa shape index (κ3) is 7.70. The van der Waals surface area contributed by atoms with Crippen LogP contribution in [0.5, 0.6) is 28.7 Å². The van der Waals surface area contributed by atoms with Gasteiger partial charge in [-0.3, -0.25) is 9.10 Å². The highest BCUT2D eigenvalue weighted by Gasteiger charge is 2.31. The van der Waals surface area contributed by atoms with Crippen LogP contribution in [0.15, 0.2) is 89.8 Å². The molecule has 4 aromatic carbocycles. The minimum Gasteiger partial charge on any atom is -0.497 e.